The number of hydrogen-bond donors (Lipinski definition) is 1. The predicted molar refractivity (Wildman–Crippen MR) is 146 cm³/mol. The molecule has 1 saturated heterocycles. The fraction of sp³-hybridized carbons (Fsp3) is 0.333. The molecule has 0 saturated carbocycles. The van der Waals surface area contributed by atoms with E-state index in [1.165, 1.54) is 28.3 Å². The van der Waals surface area contributed by atoms with E-state index >= 15 is 0 Å². The first kappa shape index (κ1) is 25.1. The number of anilines is 3. The Labute approximate surface area is 220 Å². The molecular formula is C27H31N7O4. The summed E-state index contributed by atoms with van der Waals surface area (Å²) >= 11 is 0. The Bertz CT molecular complexity index is 1540. The zero-order valence-electron chi connectivity index (χ0n) is 22.0. The lowest BCUT2D eigenvalue weighted by Gasteiger charge is -2.37. The minimum atomic E-state index is -0.435. The van der Waals surface area contributed by atoms with Gasteiger partial charge >= 0.3 is 5.69 Å². The minimum Gasteiger partial charge on any atom is -0.497 e. The van der Waals surface area contributed by atoms with Crippen LogP contribution in [0.15, 0.2) is 53.5 Å². The highest BCUT2D eigenvalue weighted by Crippen LogP contribution is 2.29. The molecule has 11 heteroatoms. The number of piperazine rings is 1. The Morgan fingerprint density at radius 1 is 1.00 bits per heavy atom. The van der Waals surface area contributed by atoms with Crippen molar-refractivity contribution in [2.24, 2.45) is 0 Å². The number of rotatable bonds is 7. The lowest BCUT2D eigenvalue weighted by Crippen LogP contribution is -2.47. The van der Waals surface area contributed by atoms with Gasteiger partial charge in [0.2, 0.25) is 5.91 Å². The molecule has 198 valence electrons. The van der Waals surface area contributed by atoms with Gasteiger partial charge < -0.3 is 24.6 Å². The van der Waals surface area contributed by atoms with Gasteiger partial charge in [-0.25, -0.2) is 13.9 Å². The van der Waals surface area contributed by atoms with E-state index in [1.807, 2.05) is 6.07 Å². The van der Waals surface area contributed by atoms with E-state index in [0.29, 0.717) is 17.2 Å². The summed E-state index contributed by atoms with van der Waals surface area (Å²) in [5.74, 6) is 1.64. The van der Waals surface area contributed by atoms with Crippen molar-refractivity contribution >= 4 is 28.9 Å². The third-order valence-corrected chi connectivity index (χ3v) is 6.94. The van der Waals surface area contributed by atoms with Crippen LogP contribution >= 0.6 is 0 Å². The Hall–Kier alpha value is -4.54. The molecule has 1 aliphatic rings. The molecule has 1 amide bonds. The van der Waals surface area contributed by atoms with E-state index in [4.69, 9.17) is 9.47 Å². The molecule has 0 atom stereocenters. The van der Waals surface area contributed by atoms with Crippen molar-refractivity contribution in [1.82, 2.24) is 19.2 Å². The van der Waals surface area contributed by atoms with Gasteiger partial charge in [-0.2, -0.15) is 4.98 Å². The molecule has 0 aliphatic carbocycles. The van der Waals surface area contributed by atoms with Crippen LogP contribution in [0.4, 0.5) is 17.2 Å². The summed E-state index contributed by atoms with van der Waals surface area (Å²) < 4.78 is 13.0. The van der Waals surface area contributed by atoms with Gasteiger partial charge in [0.15, 0.2) is 0 Å². The van der Waals surface area contributed by atoms with E-state index < -0.39 is 11.6 Å². The monoisotopic (exact) mass is 517 g/mol. The molecule has 2 aromatic heterocycles. The number of hydrogen-bond acceptors (Lipinski definition) is 8. The van der Waals surface area contributed by atoms with Crippen molar-refractivity contribution < 1.29 is 14.3 Å². The highest BCUT2D eigenvalue weighted by Gasteiger charge is 2.21. The number of aromatic nitrogens is 4. The van der Waals surface area contributed by atoms with E-state index in [9.17, 15) is 9.59 Å². The van der Waals surface area contributed by atoms with Gasteiger partial charge in [0.05, 0.1) is 19.9 Å². The Balaban J connectivity index is 1.28. The molecule has 0 radical (unpaired) electrons. The number of aryl methyl sites for hydroxylation is 1. The van der Waals surface area contributed by atoms with E-state index in [0.717, 1.165) is 36.7 Å². The van der Waals surface area contributed by atoms with Crippen LogP contribution in [0.5, 0.6) is 11.5 Å². The lowest BCUT2D eigenvalue weighted by molar-refractivity contribution is -0.117. The topological polar surface area (TPSA) is 106 Å². The van der Waals surface area contributed by atoms with E-state index in [1.54, 1.807) is 31.5 Å². The van der Waals surface area contributed by atoms with Gasteiger partial charge in [0.1, 0.15) is 23.9 Å². The zero-order chi connectivity index (χ0) is 26.8. The normalized spacial score (nSPS) is 13.6. The van der Waals surface area contributed by atoms with Gasteiger partial charge in [-0.15, -0.1) is 5.10 Å². The van der Waals surface area contributed by atoms with Crippen molar-refractivity contribution in [1.29, 1.82) is 0 Å². The summed E-state index contributed by atoms with van der Waals surface area (Å²) in [7, 11) is 3.05. The van der Waals surface area contributed by atoms with Crippen molar-refractivity contribution in [3.63, 3.8) is 0 Å². The molecule has 1 fully saturated rings. The fourth-order valence-corrected chi connectivity index (χ4v) is 4.66. The fourth-order valence-electron chi connectivity index (χ4n) is 4.66. The molecule has 2 aromatic carbocycles. The standard InChI is InChI=1S/C27H31N7O4/c1-18-6-5-7-22(19(18)2)31-12-14-32(15-13-31)24-10-11-33-26(29-24)30-34(27(33)36)17-25(35)28-21-9-8-20(37-3)16-23(21)38-4/h5-11,16H,12-15,17H2,1-4H3,(H,28,35). The average Bonchev–Trinajstić information content (AvgIpc) is 3.24. The van der Waals surface area contributed by atoms with Crippen molar-refractivity contribution in [2.75, 3.05) is 55.5 Å². The molecule has 11 nitrogen and oxygen atoms in total. The summed E-state index contributed by atoms with van der Waals surface area (Å²) in [6.45, 7) is 7.37. The first-order chi connectivity index (χ1) is 18.4. The lowest BCUT2D eigenvalue weighted by atomic mass is 10.1. The largest absolute Gasteiger partial charge is 0.497 e. The van der Waals surface area contributed by atoms with Crippen molar-refractivity contribution in [3.8, 4) is 11.5 Å². The molecule has 1 N–H and O–H groups in total. The number of methoxy groups -OCH3 is 2. The number of nitrogens with zero attached hydrogens (tertiary/aromatic N) is 6. The quantitative estimate of drug-likeness (QED) is 0.399. The van der Waals surface area contributed by atoms with Crippen LogP contribution in [0.1, 0.15) is 11.1 Å². The van der Waals surface area contributed by atoms with Crippen LogP contribution in [0, 0.1) is 13.8 Å². The molecule has 4 aromatic rings. The van der Waals surface area contributed by atoms with Crippen LogP contribution < -0.4 is 30.3 Å². The van der Waals surface area contributed by atoms with Crippen LogP contribution in [-0.4, -0.2) is 65.5 Å². The molecular weight excluding hydrogens is 486 g/mol. The number of benzene rings is 2. The van der Waals surface area contributed by atoms with Gasteiger partial charge in [-0.05, 0) is 49.2 Å². The maximum Gasteiger partial charge on any atom is 0.352 e. The Morgan fingerprint density at radius 3 is 2.50 bits per heavy atom. The summed E-state index contributed by atoms with van der Waals surface area (Å²) in [6, 6.07) is 13.3. The second-order valence-corrected chi connectivity index (χ2v) is 9.20. The third-order valence-electron chi connectivity index (χ3n) is 6.94. The van der Waals surface area contributed by atoms with Gasteiger partial charge in [0, 0.05) is 44.1 Å². The molecule has 5 rings (SSSR count). The predicted octanol–water partition coefficient (Wildman–Crippen LogP) is 2.49. The highest BCUT2D eigenvalue weighted by molar-refractivity contribution is 5.92. The summed E-state index contributed by atoms with van der Waals surface area (Å²) in [6.07, 6.45) is 1.66. The van der Waals surface area contributed by atoms with Crippen LogP contribution in [0.2, 0.25) is 0 Å². The molecule has 3 heterocycles. The first-order valence-electron chi connectivity index (χ1n) is 12.4. The zero-order valence-corrected chi connectivity index (χ0v) is 22.0. The first-order valence-corrected chi connectivity index (χ1v) is 12.4. The number of amides is 1. The second-order valence-electron chi connectivity index (χ2n) is 9.20. The van der Waals surface area contributed by atoms with Gasteiger partial charge in [-0.3, -0.25) is 4.79 Å². The van der Waals surface area contributed by atoms with Crippen LogP contribution in [0.25, 0.3) is 5.78 Å². The maximum absolute atomic E-state index is 12.9. The van der Waals surface area contributed by atoms with Gasteiger partial charge in [0.25, 0.3) is 5.78 Å². The smallest absolute Gasteiger partial charge is 0.352 e. The third kappa shape index (κ3) is 4.86. The Kier molecular flexibility index (Phi) is 6.91. The van der Waals surface area contributed by atoms with Crippen molar-refractivity contribution in [3.05, 3.63) is 70.3 Å². The second kappa shape index (κ2) is 10.4. The summed E-state index contributed by atoms with van der Waals surface area (Å²) in [4.78, 5) is 34.8. The maximum atomic E-state index is 12.9. The SMILES string of the molecule is COc1ccc(NC(=O)Cn2nc3nc(N4CCN(c5cccc(C)c5C)CC4)ccn3c2=O)c(OC)c1. The summed E-state index contributed by atoms with van der Waals surface area (Å²) in [5, 5.41) is 7.07. The summed E-state index contributed by atoms with van der Waals surface area (Å²) in [5.41, 5.74) is 3.89. The number of fused-ring (bicyclic) bond motifs is 1. The van der Waals surface area contributed by atoms with Gasteiger partial charge in [-0.1, -0.05) is 12.1 Å². The molecule has 0 unspecified atom stereocenters. The molecule has 38 heavy (non-hydrogen) atoms. The average molecular weight is 518 g/mol. The van der Waals surface area contributed by atoms with E-state index in [2.05, 4.69) is 57.2 Å². The van der Waals surface area contributed by atoms with Crippen LogP contribution in [-0.2, 0) is 11.3 Å². The van der Waals surface area contributed by atoms with E-state index in [-0.39, 0.29) is 12.3 Å². The molecule has 0 bridgehead atoms. The molecule has 0 spiro atoms. The Morgan fingerprint density at radius 2 is 1.76 bits per heavy atom. The number of carbonyl (C=O) groups is 1. The number of nitrogens with one attached hydrogen (secondary N) is 1. The molecule has 1 aliphatic heterocycles. The van der Waals surface area contributed by atoms with Crippen LogP contribution in [0.3, 0.4) is 0 Å². The number of ether oxygens (including phenoxy) is 2. The van der Waals surface area contributed by atoms with Crippen molar-refractivity contribution in [2.45, 2.75) is 20.4 Å². The highest BCUT2D eigenvalue weighted by atomic mass is 16.5. The minimum absolute atomic E-state index is 0.249. The number of carbonyl (C=O) groups excluding carboxylic acids is 1.